The van der Waals surface area contributed by atoms with Crippen LogP contribution in [-0.2, 0) is 6.37 Å². The van der Waals surface area contributed by atoms with Crippen molar-refractivity contribution in [3.63, 3.8) is 0 Å². The van der Waals surface area contributed by atoms with Gasteiger partial charge in [0.25, 0.3) is 5.91 Å². The van der Waals surface area contributed by atoms with Crippen molar-refractivity contribution in [2.45, 2.75) is 43.9 Å². The fourth-order valence-corrected chi connectivity index (χ4v) is 4.02. The Morgan fingerprint density at radius 2 is 2.18 bits per heavy atom. The molecule has 6 rings (SSSR count). The maximum Gasteiger partial charge on any atom is 0.254 e. The average Bonchev–Trinajstić information content (AvgIpc) is 2.74. The molecule has 1 aromatic rings. The lowest BCUT2D eigenvalue weighted by Gasteiger charge is -2.51. The molecule has 0 spiro atoms. The average molecular weight is 307 g/mol. The molecule has 4 heterocycles. The van der Waals surface area contributed by atoms with Gasteiger partial charge < -0.3 is 9.80 Å². The van der Waals surface area contributed by atoms with Crippen molar-refractivity contribution in [3.8, 4) is 0 Å². The number of amides is 1. The monoisotopic (exact) mass is 307 g/mol. The van der Waals surface area contributed by atoms with Crippen LogP contribution in [-0.4, -0.2) is 47.9 Å². The van der Waals surface area contributed by atoms with Crippen molar-refractivity contribution in [3.05, 3.63) is 34.8 Å². The van der Waals surface area contributed by atoms with Crippen LogP contribution < -0.4 is 0 Å². The molecular weight excluding hydrogens is 272 g/mol. The van der Waals surface area contributed by atoms with E-state index in [-0.39, 0.29) is 5.92 Å². The van der Waals surface area contributed by atoms with Gasteiger partial charge in [0.2, 0.25) is 0 Å². The summed E-state index contributed by atoms with van der Waals surface area (Å²) < 4.78 is 94.4. The second kappa shape index (κ2) is 4.82. The van der Waals surface area contributed by atoms with Crippen LogP contribution in [0.5, 0.6) is 0 Å². The molecule has 1 aromatic carbocycles. The number of nitrogens with zero attached hydrogens (tertiary/aromatic N) is 2. The molecule has 3 atom stereocenters. The molecule has 3 saturated heterocycles. The Bertz CT molecular complexity index is 1070. The van der Waals surface area contributed by atoms with E-state index in [0.29, 0.717) is 19.4 Å². The van der Waals surface area contributed by atoms with Crippen LogP contribution in [0.2, 0.25) is 0 Å². The summed E-state index contributed by atoms with van der Waals surface area (Å²) in [6.07, 6.45) is -6.87. The molecule has 1 unspecified atom stereocenters. The van der Waals surface area contributed by atoms with E-state index in [0.717, 1.165) is 18.0 Å². The van der Waals surface area contributed by atoms with E-state index in [2.05, 4.69) is 4.90 Å². The Hall–Kier alpha value is -1.35. The highest BCUT2D eigenvalue weighted by molar-refractivity contribution is 5.97. The molecule has 3 fully saturated rings. The summed E-state index contributed by atoms with van der Waals surface area (Å²) in [7, 11) is 0. The molecule has 22 heavy (non-hydrogen) atoms. The largest absolute Gasteiger partial charge is 0.333 e. The number of piperidine rings is 3. The van der Waals surface area contributed by atoms with Crippen LogP contribution in [0, 0.1) is 5.92 Å². The number of rotatable bonds is 1. The summed E-state index contributed by atoms with van der Waals surface area (Å²) >= 11 is 0. The van der Waals surface area contributed by atoms with E-state index in [9.17, 15) is 6.17 Å². The zero-order valence-electron chi connectivity index (χ0n) is 23.1. The fourth-order valence-electron chi connectivity index (χ4n) is 4.02. The minimum Gasteiger partial charge on any atom is -0.333 e. The molecule has 0 radical (unpaired) electrons. The summed E-state index contributed by atoms with van der Waals surface area (Å²) in [5, 5.41) is 0. The third-order valence-electron chi connectivity index (χ3n) is 5.18. The molecule has 0 saturated carbocycles. The van der Waals surface area contributed by atoms with Crippen molar-refractivity contribution < 1.29 is 19.9 Å². The standard InChI is InChI=1S/C19H24N2O/c22-19-16-6-2-4-14-3-1-5-15(18(14)16)11-21(19)17-12-20-9-7-13(17)8-10-20/h2,4,6,13,15,17H,1,3,5,7-12H2/t15-,17-/m1/s1/i1D,2D,3D2,4D,5D2,6D,11D2,15D/t1?,15-,17-. The topological polar surface area (TPSA) is 23.6 Å². The van der Waals surface area contributed by atoms with Crippen LogP contribution in [0.3, 0.4) is 0 Å². The summed E-state index contributed by atoms with van der Waals surface area (Å²) in [4.78, 5) is 16.7. The Morgan fingerprint density at radius 1 is 1.32 bits per heavy atom. The highest BCUT2D eigenvalue weighted by Gasteiger charge is 2.43. The van der Waals surface area contributed by atoms with E-state index in [1.54, 1.807) is 0 Å². The van der Waals surface area contributed by atoms with Gasteiger partial charge in [0.05, 0.1) is 6.85 Å². The molecular formula is C19H24N2O. The molecule has 5 aliphatic rings. The summed E-state index contributed by atoms with van der Waals surface area (Å²) in [6, 6.07) is -2.99. The molecule has 0 aromatic heterocycles. The first-order chi connectivity index (χ1) is 15.1. The summed E-state index contributed by atoms with van der Waals surface area (Å²) in [5.41, 5.74) is -1.99. The number of fused-ring (bicyclic) bond motifs is 3. The first-order valence-electron chi connectivity index (χ1n) is 13.3. The SMILES string of the molecule is [2H]c1c([2H])c2c3c(c1[2H])C([2H])([2H])C([2H])C([2H])([2H])[C@]3([2H])C([2H])([2H])N([C@@H]1CN3CCC1CC3)C2=O. The van der Waals surface area contributed by atoms with Gasteiger partial charge in [0.15, 0.2) is 0 Å². The molecule has 0 N–H and O–H groups in total. The quantitative estimate of drug-likeness (QED) is 0.796. The van der Waals surface area contributed by atoms with Gasteiger partial charge in [-0.05, 0) is 68.2 Å². The van der Waals surface area contributed by atoms with Crippen molar-refractivity contribution in [2.24, 2.45) is 5.92 Å². The Balaban J connectivity index is 1.88. The lowest BCUT2D eigenvalue weighted by Crippen LogP contribution is -2.60. The minimum atomic E-state index is -3.11. The molecule has 2 bridgehead atoms. The van der Waals surface area contributed by atoms with Crippen molar-refractivity contribution in [1.29, 1.82) is 0 Å². The molecule has 1 aliphatic carbocycles. The van der Waals surface area contributed by atoms with Crippen LogP contribution in [0.15, 0.2) is 18.1 Å². The molecule has 1 amide bonds. The van der Waals surface area contributed by atoms with Crippen LogP contribution in [0.25, 0.3) is 0 Å². The minimum absolute atomic E-state index is 0.0774. The number of carbonyl (C=O) groups is 1. The van der Waals surface area contributed by atoms with Crippen molar-refractivity contribution in [2.75, 3.05) is 26.1 Å². The number of hydrogen-bond acceptors (Lipinski definition) is 2. The molecule has 3 heteroatoms. The third kappa shape index (κ3) is 1.81. The van der Waals surface area contributed by atoms with Crippen LogP contribution in [0.1, 0.15) is 68.1 Å². The van der Waals surface area contributed by atoms with Gasteiger partial charge in [-0.25, -0.2) is 0 Å². The van der Waals surface area contributed by atoms with Gasteiger partial charge in [0.1, 0.15) is 0 Å². The van der Waals surface area contributed by atoms with E-state index in [4.69, 9.17) is 13.7 Å². The maximum absolute atomic E-state index is 13.8. The van der Waals surface area contributed by atoms with E-state index in [1.165, 1.54) is 0 Å². The third-order valence-corrected chi connectivity index (χ3v) is 5.18. The zero-order chi connectivity index (χ0) is 24.5. The number of carbonyl (C=O) groups excluding carboxylic acids is 1. The fraction of sp³-hybridized carbons (Fsp3) is 0.632. The van der Waals surface area contributed by atoms with E-state index in [1.807, 2.05) is 0 Å². The number of benzene rings is 1. The first-order valence-corrected chi connectivity index (χ1v) is 7.74. The van der Waals surface area contributed by atoms with Crippen molar-refractivity contribution in [1.82, 2.24) is 9.80 Å². The normalized spacial score (nSPS) is 57.2. The predicted molar refractivity (Wildman–Crippen MR) is 86.1 cm³/mol. The van der Waals surface area contributed by atoms with Gasteiger partial charge in [-0.15, -0.1) is 0 Å². The van der Waals surface area contributed by atoms with Crippen LogP contribution >= 0.6 is 0 Å². The van der Waals surface area contributed by atoms with Crippen LogP contribution in [0.4, 0.5) is 0 Å². The van der Waals surface area contributed by atoms with Gasteiger partial charge in [-0.2, -0.15) is 0 Å². The molecule has 3 nitrogen and oxygen atoms in total. The lowest BCUT2D eigenvalue weighted by molar-refractivity contribution is 0.00258. The second-order valence-corrected chi connectivity index (χ2v) is 6.30. The highest BCUT2D eigenvalue weighted by atomic mass is 16.2. The Morgan fingerprint density at radius 3 is 2.95 bits per heavy atom. The highest BCUT2D eigenvalue weighted by Crippen LogP contribution is 2.41. The zero-order valence-corrected chi connectivity index (χ0v) is 12.1. The molecule has 116 valence electrons. The first kappa shape index (κ1) is 6.27. The Labute approximate surface area is 147 Å². The van der Waals surface area contributed by atoms with E-state index >= 15 is 0 Å². The van der Waals surface area contributed by atoms with Gasteiger partial charge >= 0.3 is 0 Å². The van der Waals surface area contributed by atoms with Gasteiger partial charge in [-0.1, -0.05) is 12.1 Å². The van der Waals surface area contributed by atoms with Gasteiger partial charge in [0, 0.05) is 38.8 Å². The second-order valence-electron chi connectivity index (χ2n) is 6.30. The van der Waals surface area contributed by atoms with Crippen molar-refractivity contribution >= 4 is 5.91 Å². The predicted octanol–water partition coefficient (Wildman–Crippen LogP) is 2.66. The van der Waals surface area contributed by atoms with E-state index < -0.39 is 78.3 Å². The summed E-state index contributed by atoms with van der Waals surface area (Å²) in [6.45, 7) is -1.08. The maximum atomic E-state index is 13.8. The van der Waals surface area contributed by atoms with Gasteiger partial charge in [-0.3, -0.25) is 4.79 Å². The molecule has 4 aliphatic heterocycles. The lowest BCUT2D eigenvalue weighted by atomic mass is 9.75. The summed E-state index contributed by atoms with van der Waals surface area (Å²) in [5.74, 6) is -4.03. The number of hydrogen-bond donors (Lipinski definition) is 0. The smallest absolute Gasteiger partial charge is 0.254 e. The Kier molecular flexibility index (Phi) is 1.37.